The second-order valence-electron chi connectivity index (χ2n) is 5.95. The average molecular weight is 375 g/mol. The Balaban J connectivity index is 0.00000144. The SMILES string of the molecule is Cc1ccnc2nc(C(=O)NC(CN)C3CCCCC3)nn12.Cl.Cl. The zero-order valence-electron chi connectivity index (χ0n) is 13.6. The third kappa shape index (κ3) is 4.34. The molecule has 0 aliphatic heterocycles. The van der Waals surface area contributed by atoms with Gasteiger partial charge in [-0.05, 0) is 31.7 Å². The number of fused-ring (bicyclic) bond motifs is 1. The van der Waals surface area contributed by atoms with E-state index in [4.69, 9.17) is 5.73 Å². The molecule has 1 fully saturated rings. The molecule has 2 aromatic rings. The van der Waals surface area contributed by atoms with Gasteiger partial charge in [-0.15, -0.1) is 29.9 Å². The molecule has 1 aliphatic carbocycles. The van der Waals surface area contributed by atoms with Crippen LogP contribution in [-0.4, -0.2) is 38.1 Å². The molecule has 24 heavy (non-hydrogen) atoms. The fraction of sp³-hybridized carbons (Fsp3) is 0.600. The first-order valence-electron chi connectivity index (χ1n) is 7.88. The van der Waals surface area contributed by atoms with Crippen molar-refractivity contribution in [1.82, 2.24) is 24.9 Å². The number of nitrogens with zero attached hydrogens (tertiary/aromatic N) is 4. The lowest BCUT2D eigenvalue weighted by molar-refractivity contribution is 0.0905. The average Bonchev–Trinajstić information content (AvgIpc) is 2.99. The molecular formula is C15H24Cl2N6O. The highest BCUT2D eigenvalue weighted by Crippen LogP contribution is 2.26. The van der Waals surface area contributed by atoms with Crippen molar-refractivity contribution in [3.63, 3.8) is 0 Å². The molecule has 3 N–H and O–H groups in total. The van der Waals surface area contributed by atoms with Crippen LogP contribution in [-0.2, 0) is 0 Å². The Bertz CT molecular complexity index is 671. The van der Waals surface area contributed by atoms with Gasteiger partial charge in [0.1, 0.15) is 0 Å². The van der Waals surface area contributed by atoms with Crippen LogP contribution in [0.25, 0.3) is 5.78 Å². The minimum absolute atomic E-state index is 0. The molecule has 134 valence electrons. The fourth-order valence-electron chi connectivity index (χ4n) is 3.14. The van der Waals surface area contributed by atoms with Gasteiger partial charge in [-0.1, -0.05) is 19.3 Å². The molecule has 1 amide bonds. The molecule has 0 spiro atoms. The number of hydrogen-bond donors (Lipinski definition) is 2. The van der Waals surface area contributed by atoms with Gasteiger partial charge in [0.15, 0.2) is 0 Å². The first-order valence-corrected chi connectivity index (χ1v) is 7.88. The summed E-state index contributed by atoms with van der Waals surface area (Å²) < 4.78 is 1.58. The number of carbonyl (C=O) groups excluding carboxylic acids is 1. The Morgan fingerprint density at radius 2 is 2.08 bits per heavy atom. The summed E-state index contributed by atoms with van der Waals surface area (Å²) in [6.45, 7) is 2.34. The summed E-state index contributed by atoms with van der Waals surface area (Å²) in [5.74, 6) is 0.772. The number of aryl methyl sites for hydroxylation is 1. The zero-order chi connectivity index (χ0) is 15.5. The number of halogens is 2. The fourth-order valence-corrected chi connectivity index (χ4v) is 3.14. The van der Waals surface area contributed by atoms with Crippen LogP contribution in [0.15, 0.2) is 12.3 Å². The van der Waals surface area contributed by atoms with Crippen molar-refractivity contribution in [1.29, 1.82) is 0 Å². The maximum Gasteiger partial charge on any atom is 0.291 e. The number of rotatable bonds is 4. The van der Waals surface area contributed by atoms with Crippen molar-refractivity contribution in [2.24, 2.45) is 11.7 Å². The van der Waals surface area contributed by atoms with E-state index in [0.717, 1.165) is 18.5 Å². The van der Waals surface area contributed by atoms with E-state index in [0.29, 0.717) is 18.2 Å². The van der Waals surface area contributed by atoms with Gasteiger partial charge in [-0.3, -0.25) is 4.79 Å². The van der Waals surface area contributed by atoms with Crippen molar-refractivity contribution >= 4 is 36.5 Å². The van der Waals surface area contributed by atoms with E-state index in [1.165, 1.54) is 19.3 Å². The van der Waals surface area contributed by atoms with Gasteiger partial charge in [0.2, 0.25) is 5.82 Å². The normalized spacial score (nSPS) is 16.1. The lowest BCUT2D eigenvalue weighted by atomic mass is 9.84. The van der Waals surface area contributed by atoms with Crippen LogP contribution in [0.5, 0.6) is 0 Å². The lowest BCUT2D eigenvalue weighted by Crippen LogP contribution is -2.46. The van der Waals surface area contributed by atoms with E-state index < -0.39 is 0 Å². The molecule has 0 radical (unpaired) electrons. The first kappa shape index (κ1) is 20.6. The molecular weight excluding hydrogens is 351 g/mol. The summed E-state index contributed by atoms with van der Waals surface area (Å²) in [6.07, 6.45) is 7.62. The minimum atomic E-state index is -0.272. The van der Waals surface area contributed by atoms with E-state index in [1.54, 1.807) is 10.7 Å². The third-order valence-corrected chi connectivity index (χ3v) is 4.42. The molecule has 1 aliphatic rings. The summed E-state index contributed by atoms with van der Waals surface area (Å²) in [5.41, 5.74) is 6.74. The summed E-state index contributed by atoms with van der Waals surface area (Å²) in [4.78, 5) is 20.7. The maximum absolute atomic E-state index is 12.4. The second kappa shape index (κ2) is 9.15. The van der Waals surface area contributed by atoms with Gasteiger partial charge in [-0.2, -0.15) is 4.98 Å². The van der Waals surface area contributed by atoms with Crippen LogP contribution in [0.1, 0.15) is 48.4 Å². The van der Waals surface area contributed by atoms with E-state index in [-0.39, 0.29) is 42.6 Å². The summed E-state index contributed by atoms with van der Waals surface area (Å²) in [5, 5.41) is 7.24. The molecule has 7 nitrogen and oxygen atoms in total. The zero-order valence-corrected chi connectivity index (χ0v) is 15.3. The summed E-state index contributed by atoms with van der Waals surface area (Å²) >= 11 is 0. The van der Waals surface area contributed by atoms with Crippen molar-refractivity contribution in [2.45, 2.75) is 45.1 Å². The van der Waals surface area contributed by atoms with E-state index in [1.807, 2.05) is 13.0 Å². The molecule has 0 aromatic carbocycles. The third-order valence-electron chi connectivity index (χ3n) is 4.42. The second-order valence-corrected chi connectivity index (χ2v) is 5.95. The summed E-state index contributed by atoms with van der Waals surface area (Å²) in [6, 6.07) is 1.82. The predicted octanol–water partition coefficient (Wildman–Crippen LogP) is 1.91. The number of carbonyl (C=O) groups is 1. The van der Waals surface area contributed by atoms with E-state index >= 15 is 0 Å². The molecule has 0 bridgehead atoms. The van der Waals surface area contributed by atoms with E-state index in [9.17, 15) is 4.79 Å². The molecule has 9 heteroatoms. The topological polar surface area (TPSA) is 98.2 Å². The van der Waals surface area contributed by atoms with Crippen molar-refractivity contribution < 1.29 is 4.79 Å². The largest absolute Gasteiger partial charge is 0.345 e. The Hall–Kier alpha value is -1.44. The van der Waals surface area contributed by atoms with Crippen LogP contribution in [0.4, 0.5) is 0 Å². The molecule has 1 atom stereocenters. The van der Waals surface area contributed by atoms with Crippen LogP contribution in [0, 0.1) is 12.8 Å². The van der Waals surface area contributed by atoms with Crippen LogP contribution in [0.3, 0.4) is 0 Å². The first-order chi connectivity index (χ1) is 10.7. The molecule has 1 unspecified atom stereocenters. The number of hydrogen-bond acceptors (Lipinski definition) is 5. The number of amides is 1. The summed E-state index contributed by atoms with van der Waals surface area (Å²) in [7, 11) is 0. The van der Waals surface area contributed by atoms with Crippen LogP contribution < -0.4 is 11.1 Å². The van der Waals surface area contributed by atoms with Crippen molar-refractivity contribution in [3.8, 4) is 0 Å². The smallest absolute Gasteiger partial charge is 0.291 e. The number of nitrogens with two attached hydrogens (primary N) is 1. The van der Waals surface area contributed by atoms with E-state index in [2.05, 4.69) is 20.4 Å². The van der Waals surface area contributed by atoms with Gasteiger partial charge in [0.25, 0.3) is 11.7 Å². The molecule has 0 saturated heterocycles. The molecule has 1 saturated carbocycles. The maximum atomic E-state index is 12.4. The van der Waals surface area contributed by atoms with Gasteiger partial charge >= 0.3 is 0 Å². The number of aromatic nitrogens is 4. The monoisotopic (exact) mass is 374 g/mol. The Kier molecular flexibility index (Phi) is 7.86. The highest BCUT2D eigenvalue weighted by molar-refractivity contribution is 5.91. The highest BCUT2D eigenvalue weighted by atomic mass is 35.5. The van der Waals surface area contributed by atoms with Gasteiger partial charge in [-0.25, -0.2) is 9.50 Å². The lowest BCUT2D eigenvalue weighted by Gasteiger charge is -2.29. The van der Waals surface area contributed by atoms with Crippen LogP contribution in [0.2, 0.25) is 0 Å². The number of nitrogens with one attached hydrogen (secondary N) is 1. The Morgan fingerprint density at radius 3 is 2.71 bits per heavy atom. The standard InChI is InChI=1S/C15H22N6O.2ClH/c1-10-7-8-17-15-19-13(20-21(10)15)14(22)18-12(9-16)11-5-3-2-4-6-11;;/h7-8,11-12H,2-6,9,16H2,1H3,(H,18,22);2*1H. The van der Waals surface area contributed by atoms with Gasteiger partial charge in [0.05, 0.1) is 0 Å². The predicted molar refractivity (Wildman–Crippen MR) is 96.9 cm³/mol. The van der Waals surface area contributed by atoms with Gasteiger partial charge in [0, 0.05) is 24.5 Å². The minimum Gasteiger partial charge on any atom is -0.345 e. The molecule has 2 heterocycles. The van der Waals surface area contributed by atoms with Crippen molar-refractivity contribution in [3.05, 3.63) is 23.8 Å². The molecule has 2 aromatic heterocycles. The van der Waals surface area contributed by atoms with Gasteiger partial charge < -0.3 is 11.1 Å². The quantitative estimate of drug-likeness (QED) is 0.851. The van der Waals surface area contributed by atoms with Crippen molar-refractivity contribution in [2.75, 3.05) is 6.54 Å². The highest BCUT2D eigenvalue weighted by Gasteiger charge is 2.25. The molecule has 3 rings (SSSR count). The Morgan fingerprint density at radius 1 is 1.38 bits per heavy atom. The van der Waals surface area contributed by atoms with Crippen LogP contribution >= 0.6 is 24.8 Å². The Labute approximate surface area is 153 Å².